The molecular weight excluding hydrogens is 354 g/mol. The summed E-state index contributed by atoms with van der Waals surface area (Å²) in [5, 5.41) is 2.38. The third kappa shape index (κ3) is 3.47. The molecule has 3 N–H and O–H groups in total. The Morgan fingerprint density at radius 2 is 1.88 bits per heavy atom. The van der Waals surface area contributed by atoms with Crippen LogP contribution in [-0.2, 0) is 19.6 Å². The zero-order valence-electron chi connectivity index (χ0n) is 14.2. The molecule has 0 radical (unpaired) electrons. The van der Waals surface area contributed by atoms with Crippen LogP contribution in [-0.4, -0.2) is 31.8 Å². The maximum Gasteiger partial charge on any atom is 0.265 e. The molecule has 0 saturated carbocycles. The molecule has 7 nitrogen and oxygen atoms in total. The van der Waals surface area contributed by atoms with E-state index in [1.54, 1.807) is 25.1 Å². The van der Waals surface area contributed by atoms with Gasteiger partial charge in [-0.2, -0.15) is 0 Å². The number of nitrogens with one attached hydrogen (secondary N) is 1. The van der Waals surface area contributed by atoms with Crippen molar-refractivity contribution in [2.75, 3.05) is 6.54 Å². The third-order valence-corrected chi connectivity index (χ3v) is 5.75. The minimum Gasteiger partial charge on any atom is -0.369 e. The number of nitrogens with two attached hydrogens (primary N) is 1. The average Bonchev–Trinajstić information content (AvgIpc) is 2.60. The van der Waals surface area contributed by atoms with Crippen LogP contribution in [0.5, 0.6) is 0 Å². The normalized spacial score (nSPS) is 15.6. The van der Waals surface area contributed by atoms with Crippen LogP contribution in [0.3, 0.4) is 0 Å². The van der Waals surface area contributed by atoms with Gasteiger partial charge in [0.1, 0.15) is 0 Å². The number of sulfonamides is 1. The Labute approximate surface area is 151 Å². The van der Waals surface area contributed by atoms with Crippen LogP contribution in [0.15, 0.2) is 58.5 Å². The molecule has 0 unspecified atom stereocenters. The van der Waals surface area contributed by atoms with Crippen molar-refractivity contribution in [1.29, 1.82) is 0 Å². The van der Waals surface area contributed by atoms with Gasteiger partial charge in [0.2, 0.25) is 5.91 Å². The molecular formula is C18H19N3O4S. The second-order valence-corrected chi connectivity index (χ2v) is 7.81. The van der Waals surface area contributed by atoms with Crippen LogP contribution in [0.25, 0.3) is 10.8 Å². The molecule has 0 saturated heterocycles. The molecule has 0 atom stereocenters. The number of rotatable bonds is 5. The van der Waals surface area contributed by atoms with Gasteiger partial charge in [-0.25, -0.2) is 8.42 Å². The number of carbonyl (C=O) groups is 2. The highest BCUT2D eigenvalue weighted by Gasteiger charge is 2.30. The van der Waals surface area contributed by atoms with Crippen molar-refractivity contribution >= 4 is 32.6 Å². The quantitative estimate of drug-likeness (QED) is 0.827. The van der Waals surface area contributed by atoms with E-state index in [4.69, 9.17) is 5.73 Å². The Balaban J connectivity index is 1.93. The number of hydrogen-bond acceptors (Lipinski definition) is 4. The fraction of sp³-hybridized carbons (Fsp3) is 0.222. The SMILES string of the molecule is CC1=C(CC(N)=O)C(=O)N(NS(=O)(=O)c2cccc3ccccc23)CC1. The molecule has 136 valence electrons. The van der Waals surface area contributed by atoms with Crippen LogP contribution in [0.2, 0.25) is 0 Å². The lowest BCUT2D eigenvalue weighted by Crippen LogP contribution is -2.49. The topological polar surface area (TPSA) is 110 Å². The lowest BCUT2D eigenvalue weighted by atomic mass is 9.99. The van der Waals surface area contributed by atoms with Crippen molar-refractivity contribution in [2.45, 2.75) is 24.7 Å². The van der Waals surface area contributed by atoms with Gasteiger partial charge >= 0.3 is 0 Å². The minimum atomic E-state index is -3.97. The standard InChI is InChI=1S/C18H19N3O4S/c1-12-9-10-21(18(23)15(12)11-17(19)22)20-26(24,25)16-8-4-6-13-5-2-3-7-14(13)16/h2-8,20H,9-11H2,1H3,(H2,19,22). The van der Waals surface area contributed by atoms with Crippen LogP contribution >= 0.6 is 0 Å². The van der Waals surface area contributed by atoms with Crippen molar-refractivity contribution in [3.05, 3.63) is 53.6 Å². The summed E-state index contributed by atoms with van der Waals surface area (Å²) >= 11 is 0. The first kappa shape index (κ1) is 18.1. The molecule has 0 bridgehead atoms. The third-order valence-electron chi connectivity index (χ3n) is 4.35. The van der Waals surface area contributed by atoms with Gasteiger partial charge in [0.15, 0.2) is 0 Å². The molecule has 0 aliphatic carbocycles. The fourth-order valence-electron chi connectivity index (χ4n) is 2.99. The number of nitrogens with zero attached hydrogens (tertiary/aromatic N) is 1. The lowest BCUT2D eigenvalue weighted by molar-refractivity contribution is -0.130. The van der Waals surface area contributed by atoms with E-state index in [-0.39, 0.29) is 23.4 Å². The summed E-state index contributed by atoms with van der Waals surface area (Å²) in [6.07, 6.45) is 0.254. The number of fused-ring (bicyclic) bond motifs is 1. The molecule has 3 rings (SSSR count). The molecule has 2 aromatic carbocycles. The summed E-state index contributed by atoms with van der Waals surface area (Å²) in [6, 6.07) is 12.1. The molecule has 1 aliphatic heterocycles. The molecule has 0 fully saturated rings. The second-order valence-electron chi connectivity index (χ2n) is 6.18. The van der Waals surface area contributed by atoms with Gasteiger partial charge in [-0.05, 0) is 24.8 Å². The van der Waals surface area contributed by atoms with Gasteiger partial charge in [0.05, 0.1) is 11.3 Å². The molecule has 2 amide bonds. The number of amides is 2. The van der Waals surface area contributed by atoms with Crippen molar-refractivity contribution in [2.24, 2.45) is 5.73 Å². The number of benzene rings is 2. The van der Waals surface area contributed by atoms with Gasteiger partial charge in [-0.15, -0.1) is 4.83 Å². The van der Waals surface area contributed by atoms with E-state index in [1.165, 1.54) is 6.07 Å². The van der Waals surface area contributed by atoms with E-state index in [0.717, 1.165) is 16.0 Å². The van der Waals surface area contributed by atoms with E-state index in [9.17, 15) is 18.0 Å². The van der Waals surface area contributed by atoms with E-state index < -0.39 is 21.8 Å². The lowest BCUT2D eigenvalue weighted by Gasteiger charge is -2.29. The highest BCUT2D eigenvalue weighted by Crippen LogP contribution is 2.25. The first-order chi connectivity index (χ1) is 12.3. The second kappa shape index (κ2) is 6.89. The van der Waals surface area contributed by atoms with Crippen molar-refractivity contribution in [3.63, 3.8) is 0 Å². The van der Waals surface area contributed by atoms with Gasteiger partial charge in [-0.1, -0.05) is 42.0 Å². The first-order valence-electron chi connectivity index (χ1n) is 8.08. The molecule has 0 spiro atoms. The summed E-state index contributed by atoms with van der Waals surface area (Å²) in [7, 11) is -3.97. The summed E-state index contributed by atoms with van der Waals surface area (Å²) in [6.45, 7) is 1.93. The van der Waals surface area contributed by atoms with E-state index >= 15 is 0 Å². The van der Waals surface area contributed by atoms with Crippen molar-refractivity contribution < 1.29 is 18.0 Å². The first-order valence-corrected chi connectivity index (χ1v) is 9.57. The fourth-order valence-corrected chi connectivity index (χ4v) is 4.29. The highest BCUT2D eigenvalue weighted by molar-refractivity contribution is 7.89. The maximum absolute atomic E-state index is 12.9. The maximum atomic E-state index is 12.9. The largest absolute Gasteiger partial charge is 0.369 e. The number of primary amides is 1. The zero-order valence-corrected chi connectivity index (χ0v) is 15.0. The van der Waals surface area contributed by atoms with E-state index in [2.05, 4.69) is 4.83 Å². The molecule has 2 aromatic rings. The number of hydrogen-bond donors (Lipinski definition) is 2. The van der Waals surface area contributed by atoms with Crippen LogP contribution in [0.4, 0.5) is 0 Å². The van der Waals surface area contributed by atoms with Gasteiger partial charge in [-0.3, -0.25) is 14.6 Å². The smallest absolute Gasteiger partial charge is 0.265 e. The Morgan fingerprint density at radius 1 is 1.19 bits per heavy atom. The zero-order chi connectivity index (χ0) is 18.9. The van der Waals surface area contributed by atoms with Gasteiger partial charge in [0.25, 0.3) is 15.9 Å². The predicted molar refractivity (Wildman–Crippen MR) is 97.1 cm³/mol. The minimum absolute atomic E-state index is 0.0890. The predicted octanol–water partition coefficient (Wildman–Crippen LogP) is 1.46. The summed E-state index contributed by atoms with van der Waals surface area (Å²) in [5.74, 6) is -1.18. The highest BCUT2D eigenvalue weighted by atomic mass is 32.2. The Bertz CT molecular complexity index is 1020. The van der Waals surface area contributed by atoms with Gasteiger partial charge in [0, 0.05) is 17.5 Å². The van der Waals surface area contributed by atoms with Crippen molar-refractivity contribution in [1.82, 2.24) is 9.84 Å². The average molecular weight is 373 g/mol. The Morgan fingerprint density at radius 3 is 2.62 bits per heavy atom. The van der Waals surface area contributed by atoms with E-state index in [0.29, 0.717) is 11.8 Å². The molecule has 1 heterocycles. The van der Waals surface area contributed by atoms with E-state index in [1.807, 2.05) is 18.2 Å². The summed E-state index contributed by atoms with van der Waals surface area (Å²) < 4.78 is 25.7. The Hall–Kier alpha value is -2.71. The summed E-state index contributed by atoms with van der Waals surface area (Å²) in [5.41, 5.74) is 6.18. The molecule has 26 heavy (non-hydrogen) atoms. The summed E-state index contributed by atoms with van der Waals surface area (Å²) in [4.78, 5) is 26.2. The van der Waals surface area contributed by atoms with Crippen LogP contribution < -0.4 is 10.6 Å². The number of carbonyl (C=O) groups excluding carboxylic acids is 2. The Kier molecular flexibility index (Phi) is 4.80. The molecule has 0 aromatic heterocycles. The molecule has 8 heteroatoms. The monoisotopic (exact) mass is 373 g/mol. The van der Waals surface area contributed by atoms with Crippen LogP contribution in [0.1, 0.15) is 19.8 Å². The van der Waals surface area contributed by atoms with Crippen molar-refractivity contribution in [3.8, 4) is 0 Å². The number of hydrazine groups is 1. The van der Waals surface area contributed by atoms with Crippen LogP contribution in [0, 0.1) is 0 Å². The molecule has 1 aliphatic rings. The van der Waals surface area contributed by atoms with Gasteiger partial charge < -0.3 is 5.73 Å².